The molecule has 0 amide bonds. The number of hydrogen-bond acceptors (Lipinski definition) is 0. The van der Waals surface area contributed by atoms with Crippen LogP contribution in [0.5, 0.6) is 0 Å². The van der Waals surface area contributed by atoms with Crippen molar-refractivity contribution in [3.63, 3.8) is 0 Å². The second-order valence-corrected chi connectivity index (χ2v) is 13.0. The van der Waals surface area contributed by atoms with Crippen LogP contribution in [0, 0.1) is 0 Å². The smallest absolute Gasteiger partial charge is 0.00923 e. The van der Waals surface area contributed by atoms with E-state index in [0.29, 0.717) is 0 Å². The molecule has 6 aromatic rings. The lowest BCUT2D eigenvalue weighted by atomic mass is 9.77. The van der Waals surface area contributed by atoms with Gasteiger partial charge >= 0.3 is 0 Å². The van der Waals surface area contributed by atoms with Crippen LogP contribution in [0.4, 0.5) is 0 Å². The third kappa shape index (κ3) is 6.09. The molecule has 0 aromatic heterocycles. The molecule has 0 saturated heterocycles. The molecule has 44 heavy (non-hydrogen) atoms. The van der Waals surface area contributed by atoms with Crippen LogP contribution < -0.4 is 0 Å². The zero-order valence-electron chi connectivity index (χ0n) is 26.5. The Balaban J connectivity index is 1.04. The van der Waals surface area contributed by atoms with Crippen molar-refractivity contribution in [1.82, 2.24) is 0 Å². The minimum absolute atomic E-state index is 1.08. The maximum absolute atomic E-state index is 2.42. The van der Waals surface area contributed by atoms with Crippen LogP contribution in [0.15, 0.2) is 109 Å². The van der Waals surface area contributed by atoms with Gasteiger partial charge in [0.2, 0.25) is 0 Å². The average Bonchev–Trinajstić information content (AvgIpc) is 3.07. The molecule has 1 aliphatic carbocycles. The maximum atomic E-state index is 2.42. The van der Waals surface area contributed by atoms with Gasteiger partial charge in [-0.25, -0.2) is 0 Å². The number of fused-ring (bicyclic) bond motifs is 6. The summed E-state index contributed by atoms with van der Waals surface area (Å²) in [6.45, 7) is 4.52. The topological polar surface area (TPSA) is 0 Å². The van der Waals surface area contributed by atoms with Crippen molar-refractivity contribution in [3.8, 4) is 22.3 Å². The molecule has 6 aromatic carbocycles. The summed E-state index contributed by atoms with van der Waals surface area (Å²) in [6.07, 6.45) is 11.8. The Hall–Kier alpha value is -4.16. The molecule has 0 unspecified atom stereocenters. The first-order chi connectivity index (χ1) is 21.7. The van der Waals surface area contributed by atoms with Gasteiger partial charge in [0.25, 0.3) is 0 Å². The van der Waals surface area contributed by atoms with Gasteiger partial charge in [-0.2, -0.15) is 0 Å². The number of rotatable bonds is 12. The van der Waals surface area contributed by atoms with E-state index in [1.54, 1.807) is 0 Å². The van der Waals surface area contributed by atoms with Gasteiger partial charge in [0.1, 0.15) is 0 Å². The lowest BCUT2D eigenvalue weighted by Crippen LogP contribution is -2.00. The fourth-order valence-corrected chi connectivity index (χ4v) is 6.92. The van der Waals surface area contributed by atoms with E-state index in [4.69, 9.17) is 0 Å². The van der Waals surface area contributed by atoms with Crippen LogP contribution in [0.25, 0.3) is 43.8 Å². The van der Waals surface area contributed by atoms with Crippen LogP contribution in [-0.4, -0.2) is 0 Å². The van der Waals surface area contributed by atoms with Crippen molar-refractivity contribution in [2.45, 2.75) is 78.1 Å². The largest absolute Gasteiger partial charge is 0.0654 e. The summed E-state index contributed by atoms with van der Waals surface area (Å²) in [7, 11) is 0. The monoisotopic (exact) mass is 572 g/mol. The zero-order valence-corrected chi connectivity index (χ0v) is 26.5. The Kier molecular flexibility index (Phi) is 8.34. The van der Waals surface area contributed by atoms with Crippen molar-refractivity contribution < 1.29 is 0 Å². The lowest BCUT2D eigenvalue weighted by molar-refractivity contribution is 0.794. The first kappa shape index (κ1) is 28.6. The molecule has 0 saturated carbocycles. The highest BCUT2D eigenvalue weighted by Crippen LogP contribution is 2.50. The summed E-state index contributed by atoms with van der Waals surface area (Å²) in [6, 6.07) is 42.4. The highest BCUT2D eigenvalue weighted by Gasteiger charge is 2.23. The van der Waals surface area contributed by atoms with Gasteiger partial charge in [-0.05, 0) is 153 Å². The Labute approximate surface area is 263 Å². The molecule has 0 fully saturated rings. The fraction of sp³-hybridized carbons (Fsp3) is 0.273. The van der Waals surface area contributed by atoms with Crippen LogP contribution >= 0.6 is 0 Å². The Bertz CT molecular complexity index is 1750. The van der Waals surface area contributed by atoms with E-state index < -0.39 is 0 Å². The highest BCUT2D eigenvalue weighted by molar-refractivity contribution is 6.11. The van der Waals surface area contributed by atoms with Gasteiger partial charge in [-0.3, -0.25) is 0 Å². The van der Waals surface area contributed by atoms with E-state index in [9.17, 15) is 0 Å². The van der Waals surface area contributed by atoms with Crippen molar-refractivity contribution in [3.05, 3.63) is 143 Å². The number of hydrogen-bond donors (Lipinski definition) is 0. The predicted molar refractivity (Wildman–Crippen MR) is 191 cm³/mol. The predicted octanol–water partition coefficient (Wildman–Crippen LogP) is 11.9. The third-order valence-corrected chi connectivity index (χ3v) is 9.75. The van der Waals surface area contributed by atoms with Crippen LogP contribution in [0.2, 0.25) is 0 Å². The molecule has 0 atom stereocenters. The minimum atomic E-state index is 1.08. The maximum Gasteiger partial charge on any atom is -0.00923 e. The van der Waals surface area contributed by atoms with Gasteiger partial charge in [0, 0.05) is 0 Å². The van der Waals surface area contributed by atoms with Crippen molar-refractivity contribution in [2.24, 2.45) is 0 Å². The summed E-state index contributed by atoms with van der Waals surface area (Å²) in [5.74, 6) is 0. The van der Waals surface area contributed by atoms with Crippen LogP contribution in [0.3, 0.4) is 0 Å². The molecule has 0 radical (unpaired) electrons. The standard InChI is InChI=1S/C44H44/c1-3-5-7-31-9-13-33(14-10-31)17-19-35-21-23-37-27-41-43(29-39(37)25-35)42-28-38-24-22-36(26-40(38)30-44(41)42)20-18-34-15-11-32(12-16-34)8-6-4-2/h9-16,21-30H,3-8,17-20H2,1-2H3. The van der Waals surface area contributed by atoms with E-state index in [1.807, 2.05) is 0 Å². The number of benzene rings is 6. The summed E-state index contributed by atoms with van der Waals surface area (Å²) in [5.41, 5.74) is 14.2. The van der Waals surface area contributed by atoms with Crippen molar-refractivity contribution >= 4 is 21.5 Å². The Morgan fingerprint density at radius 2 is 0.591 bits per heavy atom. The van der Waals surface area contributed by atoms with Crippen molar-refractivity contribution in [2.75, 3.05) is 0 Å². The SMILES string of the molecule is CCCCc1ccc(CCc2ccc3cc4c(cc3c2)-c2cc3ccc(CCc5ccc(CCCC)cc5)cc3cc2-4)cc1. The molecule has 0 bridgehead atoms. The molecule has 0 heteroatoms. The third-order valence-electron chi connectivity index (χ3n) is 9.75. The lowest BCUT2D eigenvalue weighted by Gasteiger charge is -2.26. The Morgan fingerprint density at radius 1 is 0.295 bits per heavy atom. The molecule has 0 aliphatic heterocycles. The van der Waals surface area contributed by atoms with E-state index in [2.05, 4.69) is 123 Å². The van der Waals surface area contributed by atoms with E-state index in [0.717, 1.165) is 25.7 Å². The first-order valence-electron chi connectivity index (χ1n) is 17.0. The van der Waals surface area contributed by atoms with Gasteiger partial charge in [-0.15, -0.1) is 0 Å². The number of aryl methyl sites for hydroxylation is 6. The van der Waals surface area contributed by atoms with Crippen molar-refractivity contribution in [1.29, 1.82) is 0 Å². The summed E-state index contributed by atoms with van der Waals surface area (Å²) in [4.78, 5) is 0. The molecular formula is C44H44. The molecule has 1 aliphatic rings. The van der Waals surface area contributed by atoms with E-state index in [1.165, 1.54) is 116 Å². The second-order valence-electron chi connectivity index (χ2n) is 13.0. The van der Waals surface area contributed by atoms with E-state index in [-0.39, 0.29) is 0 Å². The van der Waals surface area contributed by atoms with Crippen LogP contribution in [0.1, 0.15) is 72.9 Å². The normalized spacial score (nSPS) is 11.9. The number of unbranched alkanes of at least 4 members (excludes halogenated alkanes) is 2. The zero-order chi connectivity index (χ0) is 29.9. The molecule has 0 spiro atoms. The average molecular weight is 573 g/mol. The van der Waals surface area contributed by atoms with Gasteiger partial charge in [0.15, 0.2) is 0 Å². The quantitative estimate of drug-likeness (QED) is 0.137. The van der Waals surface area contributed by atoms with Gasteiger partial charge < -0.3 is 0 Å². The molecule has 0 nitrogen and oxygen atoms in total. The molecule has 220 valence electrons. The summed E-state index contributed by atoms with van der Waals surface area (Å²) in [5, 5.41) is 5.40. The molecule has 0 N–H and O–H groups in total. The highest BCUT2D eigenvalue weighted by atomic mass is 14.3. The molecule has 7 rings (SSSR count). The fourth-order valence-electron chi connectivity index (χ4n) is 6.92. The molecule has 0 heterocycles. The first-order valence-corrected chi connectivity index (χ1v) is 17.0. The summed E-state index contributed by atoms with van der Waals surface area (Å²) >= 11 is 0. The van der Waals surface area contributed by atoms with Gasteiger partial charge in [0.05, 0.1) is 0 Å². The van der Waals surface area contributed by atoms with E-state index >= 15 is 0 Å². The van der Waals surface area contributed by atoms with Gasteiger partial charge in [-0.1, -0.05) is 112 Å². The van der Waals surface area contributed by atoms with Crippen LogP contribution in [-0.2, 0) is 38.5 Å². The minimum Gasteiger partial charge on any atom is -0.0654 e. The summed E-state index contributed by atoms with van der Waals surface area (Å²) < 4.78 is 0. The molecular weight excluding hydrogens is 528 g/mol. The second kappa shape index (κ2) is 12.8. The Morgan fingerprint density at radius 3 is 0.955 bits per heavy atom.